The number of hydrogen-bond donors (Lipinski definition) is 0. The number of allylic oxidation sites excluding steroid dienone is 3. The number of Topliss-reactive ketones (excluding diaryl/α,β-unsaturated/α-hetero) is 1. The van der Waals surface area contributed by atoms with Gasteiger partial charge in [0.2, 0.25) is 0 Å². The summed E-state index contributed by atoms with van der Waals surface area (Å²) in [6.45, 7) is 14.5. The fourth-order valence-electron chi connectivity index (χ4n) is 2.66. The molecule has 0 unspecified atom stereocenters. The quantitative estimate of drug-likeness (QED) is 0.636. The first-order valence-corrected chi connectivity index (χ1v) is 6.06. The third-order valence-corrected chi connectivity index (χ3v) is 4.30. The van der Waals surface area contributed by atoms with Crippen LogP contribution in [0, 0.1) is 16.7 Å². The normalized spacial score (nSPS) is 22.3. The standard InChI is InChI=1S/C15H24O/c1-11(2)9-7-8-10-12(16)13-14(3,4)15(13,5)6/h7,9,13H,1,8,10H2,2-6H3/b9-7+. The zero-order valence-electron chi connectivity index (χ0n) is 11.3. The van der Waals surface area contributed by atoms with Gasteiger partial charge in [-0.05, 0) is 24.2 Å². The van der Waals surface area contributed by atoms with Crippen LogP contribution in [0.2, 0.25) is 0 Å². The second-order valence-corrected chi connectivity index (χ2v) is 6.13. The summed E-state index contributed by atoms with van der Waals surface area (Å²) in [7, 11) is 0. The van der Waals surface area contributed by atoms with Crippen LogP contribution in [0.4, 0.5) is 0 Å². The van der Waals surface area contributed by atoms with Crippen molar-refractivity contribution in [3.05, 3.63) is 24.3 Å². The van der Waals surface area contributed by atoms with Gasteiger partial charge in [-0.3, -0.25) is 4.79 Å². The van der Waals surface area contributed by atoms with E-state index in [1.807, 2.05) is 19.1 Å². The maximum atomic E-state index is 12.0. The van der Waals surface area contributed by atoms with Crippen LogP contribution >= 0.6 is 0 Å². The molecule has 1 nitrogen and oxygen atoms in total. The van der Waals surface area contributed by atoms with Crippen molar-refractivity contribution in [2.24, 2.45) is 16.7 Å². The molecule has 0 aromatic carbocycles. The molecule has 1 aliphatic rings. The Morgan fingerprint density at radius 2 is 1.75 bits per heavy atom. The Hall–Kier alpha value is -0.850. The van der Waals surface area contributed by atoms with Crippen molar-refractivity contribution in [2.45, 2.75) is 47.5 Å². The smallest absolute Gasteiger partial charge is 0.137 e. The minimum Gasteiger partial charge on any atom is -0.299 e. The maximum Gasteiger partial charge on any atom is 0.137 e. The van der Waals surface area contributed by atoms with Crippen LogP contribution in [0.1, 0.15) is 47.5 Å². The summed E-state index contributed by atoms with van der Waals surface area (Å²) >= 11 is 0. The highest BCUT2D eigenvalue weighted by molar-refractivity contribution is 5.86. The van der Waals surface area contributed by atoms with Gasteiger partial charge in [-0.2, -0.15) is 0 Å². The van der Waals surface area contributed by atoms with Crippen molar-refractivity contribution in [1.82, 2.24) is 0 Å². The van der Waals surface area contributed by atoms with E-state index in [1.54, 1.807) is 0 Å². The lowest BCUT2D eigenvalue weighted by Crippen LogP contribution is -2.05. The van der Waals surface area contributed by atoms with Gasteiger partial charge in [0, 0.05) is 12.3 Å². The van der Waals surface area contributed by atoms with Crippen molar-refractivity contribution >= 4 is 5.78 Å². The largest absolute Gasteiger partial charge is 0.299 e. The van der Waals surface area contributed by atoms with E-state index in [9.17, 15) is 4.79 Å². The predicted octanol–water partition coefficient (Wildman–Crippen LogP) is 4.15. The molecule has 1 aliphatic carbocycles. The Balaban J connectivity index is 2.42. The highest BCUT2D eigenvalue weighted by Gasteiger charge is 2.67. The van der Waals surface area contributed by atoms with E-state index in [4.69, 9.17) is 0 Å². The molecule has 16 heavy (non-hydrogen) atoms. The third-order valence-electron chi connectivity index (χ3n) is 4.30. The molecule has 0 aliphatic heterocycles. The van der Waals surface area contributed by atoms with E-state index >= 15 is 0 Å². The van der Waals surface area contributed by atoms with Crippen LogP contribution < -0.4 is 0 Å². The number of carbonyl (C=O) groups excluding carboxylic acids is 1. The lowest BCUT2D eigenvalue weighted by atomic mass is 10.0. The maximum absolute atomic E-state index is 12.0. The summed E-state index contributed by atoms with van der Waals surface area (Å²) in [5.74, 6) is 0.666. The first-order chi connectivity index (χ1) is 7.21. The van der Waals surface area contributed by atoms with Crippen molar-refractivity contribution in [1.29, 1.82) is 0 Å². The fourth-order valence-corrected chi connectivity index (χ4v) is 2.66. The van der Waals surface area contributed by atoms with E-state index < -0.39 is 0 Å². The molecule has 0 amide bonds. The first-order valence-electron chi connectivity index (χ1n) is 6.06. The van der Waals surface area contributed by atoms with Gasteiger partial charge in [0.1, 0.15) is 5.78 Å². The summed E-state index contributed by atoms with van der Waals surface area (Å²) in [5, 5.41) is 0. The van der Waals surface area contributed by atoms with Crippen LogP contribution in [0.3, 0.4) is 0 Å². The van der Waals surface area contributed by atoms with Gasteiger partial charge < -0.3 is 0 Å². The number of rotatable bonds is 5. The second kappa shape index (κ2) is 4.20. The topological polar surface area (TPSA) is 17.1 Å². The molecule has 0 radical (unpaired) electrons. The molecule has 1 saturated carbocycles. The number of ketones is 1. The molecule has 0 aromatic rings. The van der Waals surface area contributed by atoms with Gasteiger partial charge in [-0.25, -0.2) is 0 Å². The molecule has 1 fully saturated rings. The number of hydrogen-bond acceptors (Lipinski definition) is 1. The SMILES string of the molecule is C=C(C)/C=C/CCC(=O)C1C(C)(C)C1(C)C. The summed E-state index contributed by atoms with van der Waals surface area (Å²) in [6, 6.07) is 0. The molecule has 0 N–H and O–H groups in total. The van der Waals surface area contributed by atoms with Crippen LogP contribution in [0.15, 0.2) is 24.3 Å². The van der Waals surface area contributed by atoms with Gasteiger partial charge in [0.25, 0.3) is 0 Å². The van der Waals surface area contributed by atoms with Crippen molar-refractivity contribution in [2.75, 3.05) is 0 Å². The molecule has 90 valence electrons. The predicted molar refractivity (Wildman–Crippen MR) is 69.2 cm³/mol. The zero-order valence-corrected chi connectivity index (χ0v) is 11.3. The molecule has 0 spiro atoms. The van der Waals surface area contributed by atoms with Crippen LogP contribution in [0.25, 0.3) is 0 Å². The zero-order chi connectivity index (χ0) is 12.6. The highest BCUT2D eigenvalue weighted by Crippen LogP contribution is 2.68. The summed E-state index contributed by atoms with van der Waals surface area (Å²) < 4.78 is 0. The molecule has 0 atom stereocenters. The van der Waals surface area contributed by atoms with Gasteiger partial charge in [0.15, 0.2) is 0 Å². The van der Waals surface area contributed by atoms with Crippen LogP contribution in [-0.4, -0.2) is 5.78 Å². The van der Waals surface area contributed by atoms with Crippen LogP contribution in [0.5, 0.6) is 0 Å². The van der Waals surface area contributed by atoms with E-state index in [0.717, 1.165) is 12.0 Å². The van der Waals surface area contributed by atoms with Crippen molar-refractivity contribution < 1.29 is 4.79 Å². The van der Waals surface area contributed by atoms with Gasteiger partial charge in [-0.1, -0.05) is 52.0 Å². The van der Waals surface area contributed by atoms with Gasteiger partial charge in [0.05, 0.1) is 0 Å². The Morgan fingerprint density at radius 3 is 2.12 bits per heavy atom. The molecule has 0 heterocycles. The summed E-state index contributed by atoms with van der Waals surface area (Å²) in [4.78, 5) is 12.0. The Morgan fingerprint density at radius 1 is 1.25 bits per heavy atom. The van der Waals surface area contributed by atoms with Crippen LogP contribution in [-0.2, 0) is 4.79 Å². The monoisotopic (exact) mass is 220 g/mol. The number of carbonyl (C=O) groups is 1. The van der Waals surface area contributed by atoms with E-state index in [0.29, 0.717) is 12.2 Å². The molecular formula is C15H24O. The average Bonchev–Trinajstić information content (AvgIpc) is 2.51. The average molecular weight is 220 g/mol. The van der Waals surface area contributed by atoms with E-state index in [2.05, 4.69) is 34.3 Å². The summed E-state index contributed by atoms with van der Waals surface area (Å²) in [5.41, 5.74) is 1.41. The molecule has 0 bridgehead atoms. The molecule has 1 heteroatoms. The van der Waals surface area contributed by atoms with Gasteiger partial charge >= 0.3 is 0 Å². The fraction of sp³-hybridized carbons (Fsp3) is 0.667. The molecular weight excluding hydrogens is 196 g/mol. The van der Waals surface area contributed by atoms with E-state index in [-0.39, 0.29) is 16.7 Å². The van der Waals surface area contributed by atoms with Crippen molar-refractivity contribution in [3.8, 4) is 0 Å². The lowest BCUT2D eigenvalue weighted by Gasteiger charge is -2.03. The van der Waals surface area contributed by atoms with Gasteiger partial charge in [-0.15, -0.1) is 0 Å². The Bertz CT molecular complexity index is 317. The van der Waals surface area contributed by atoms with E-state index in [1.165, 1.54) is 0 Å². The highest BCUT2D eigenvalue weighted by atomic mass is 16.1. The molecule has 0 saturated heterocycles. The first kappa shape index (κ1) is 13.2. The van der Waals surface area contributed by atoms with Crippen molar-refractivity contribution in [3.63, 3.8) is 0 Å². The Kier molecular flexibility index (Phi) is 3.47. The molecule has 0 aromatic heterocycles. The Labute approximate surface area is 99.6 Å². The minimum absolute atomic E-state index is 0.183. The third kappa shape index (κ3) is 2.28. The minimum atomic E-state index is 0.183. The molecule has 1 rings (SSSR count). The lowest BCUT2D eigenvalue weighted by molar-refractivity contribution is -0.121. The summed E-state index contributed by atoms with van der Waals surface area (Å²) in [6.07, 6.45) is 5.54. The second-order valence-electron chi connectivity index (χ2n) is 6.13.